The predicted octanol–water partition coefficient (Wildman–Crippen LogP) is 4.74. The van der Waals surface area contributed by atoms with E-state index in [4.69, 9.17) is 10.2 Å². The fourth-order valence-corrected chi connectivity index (χ4v) is 2.44. The van der Waals surface area contributed by atoms with E-state index in [1.165, 1.54) is 5.57 Å². The Kier molecular flexibility index (Phi) is 6.54. The van der Waals surface area contributed by atoms with Gasteiger partial charge < -0.3 is 5.11 Å². The average molecular weight is 336 g/mol. The van der Waals surface area contributed by atoms with Gasteiger partial charge in [-0.15, -0.1) is 0 Å². The zero-order valence-corrected chi connectivity index (χ0v) is 15.4. The van der Waals surface area contributed by atoms with Crippen LogP contribution in [0.5, 0.6) is 0 Å². The Morgan fingerprint density at radius 1 is 1.36 bits per heavy atom. The average Bonchev–Trinajstić information content (AvgIpc) is 2.83. The summed E-state index contributed by atoms with van der Waals surface area (Å²) in [5.41, 5.74) is 4.17. The molecule has 1 heterocycles. The first-order valence-electron chi connectivity index (χ1n) is 8.66. The SMILES string of the molecule is C=C/C(=C\C=C\Cn1nc(C(C)(C)C)cc1C1=CC=CCC=C1)CO. The number of aliphatic hydroxyl groups excluding tert-OH is 1. The quantitative estimate of drug-likeness (QED) is 0.762. The normalized spacial score (nSPS) is 15.5. The van der Waals surface area contributed by atoms with E-state index in [9.17, 15) is 0 Å². The zero-order chi connectivity index (χ0) is 18.3. The summed E-state index contributed by atoms with van der Waals surface area (Å²) in [7, 11) is 0. The van der Waals surface area contributed by atoms with Crippen molar-refractivity contribution in [2.45, 2.75) is 39.2 Å². The highest BCUT2D eigenvalue weighted by atomic mass is 16.3. The second-order valence-corrected chi connectivity index (χ2v) is 7.07. The first kappa shape index (κ1) is 18.9. The molecular formula is C22H28N2O. The Bertz CT molecular complexity index is 749. The van der Waals surface area contributed by atoms with Gasteiger partial charge in [0, 0.05) is 5.41 Å². The van der Waals surface area contributed by atoms with Gasteiger partial charge in [-0.3, -0.25) is 4.68 Å². The monoisotopic (exact) mass is 336 g/mol. The van der Waals surface area contributed by atoms with E-state index in [1.54, 1.807) is 6.08 Å². The van der Waals surface area contributed by atoms with E-state index in [0.29, 0.717) is 6.54 Å². The summed E-state index contributed by atoms with van der Waals surface area (Å²) in [6.45, 7) is 10.9. The van der Waals surface area contributed by atoms with Crippen molar-refractivity contribution in [1.29, 1.82) is 0 Å². The van der Waals surface area contributed by atoms with Crippen LogP contribution in [0.3, 0.4) is 0 Å². The van der Waals surface area contributed by atoms with Gasteiger partial charge in [0.15, 0.2) is 0 Å². The summed E-state index contributed by atoms with van der Waals surface area (Å²) in [4.78, 5) is 0. The van der Waals surface area contributed by atoms with E-state index >= 15 is 0 Å². The van der Waals surface area contributed by atoms with Gasteiger partial charge in [-0.2, -0.15) is 5.10 Å². The third-order valence-electron chi connectivity index (χ3n) is 4.00. The lowest BCUT2D eigenvalue weighted by atomic mass is 9.92. The highest BCUT2D eigenvalue weighted by Gasteiger charge is 2.20. The van der Waals surface area contributed by atoms with Crippen molar-refractivity contribution in [3.63, 3.8) is 0 Å². The van der Waals surface area contributed by atoms with Crippen molar-refractivity contribution >= 4 is 5.57 Å². The molecule has 1 aromatic heterocycles. The zero-order valence-electron chi connectivity index (χ0n) is 15.4. The lowest BCUT2D eigenvalue weighted by Gasteiger charge is -2.14. The van der Waals surface area contributed by atoms with Crippen molar-refractivity contribution < 1.29 is 5.11 Å². The Morgan fingerprint density at radius 2 is 2.16 bits per heavy atom. The number of rotatable bonds is 6. The van der Waals surface area contributed by atoms with Crippen LogP contribution in [0.25, 0.3) is 5.57 Å². The maximum atomic E-state index is 9.16. The third kappa shape index (κ3) is 5.30. The van der Waals surface area contributed by atoms with Crippen LogP contribution in [0.15, 0.2) is 72.9 Å². The molecule has 0 unspecified atom stereocenters. The summed E-state index contributed by atoms with van der Waals surface area (Å²) < 4.78 is 2.03. The second kappa shape index (κ2) is 8.63. The predicted molar refractivity (Wildman–Crippen MR) is 106 cm³/mol. The number of aliphatic hydroxyl groups is 1. The number of hydrogen-bond donors (Lipinski definition) is 1. The van der Waals surface area contributed by atoms with Gasteiger partial charge in [-0.05, 0) is 23.6 Å². The van der Waals surface area contributed by atoms with E-state index in [-0.39, 0.29) is 12.0 Å². The number of nitrogens with zero attached hydrogens (tertiary/aromatic N) is 2. The van der Waals surface area contributed by atoms with Crippen LogP contribution >= 0.6 is 0 Å². The summed E-state index contributed by atoms with van der Waals surface area (Å²) in [6, 6.07) is 2.18. The third-order valence-corrected chi connectivity index (χ3v) is 4.00. The van der Waals surface area contributed by atoms with Gasteiger partial charge in [0.1, 0.15) is 0 Å². The molecule has 0 aromatic carbocycles. The van der Waals surface area contributed by atoms with Crippen LogP contribution in [0, 0.1) is 0 Å². The van der Waals surface area contributed by atoms with Gasteiger partial charge in [0.25, 0.3) is 0 Å². The van der Waals surface area contributed by atoms with E-state index < -0.39 is 0 Å². The van der Waals surface area contributed by atoms with Crippen molar-refractivity contribution in [3.8, 4) is 0 Å². The molecule has 25 heavy (non-hydrogen) atoms. The Balaban J connectivity index is 2.32. The second-order valence-electron chi connectivity index (χ2n) is 7.07. The molecule has 0 saturated heterocycles. The van der Waals surface area contributed by atoms with Crippen LogP contribution < -0.4 is 0 Å². The summed E-state index contributed by atoms with van der Waals surface area (Å²) in [6.07, 6.45) is 19.2. The lowest BCUT2D eigenvalue weighted by Crippen LogP contribution is -2.12. The molecule has 0 saturated carbocycles. The minimum absolute atomic E-state index is 0.000945. The Hall–Kier alpha value is -2.39. The first-order valence-corrected chi connectivity index (χ1v) is 8.66. The molecule has 1 aliphatic carbocycles. The Labute approximate surface area is 151 Å². The smallest absolute Gasteiger partial charge is 0.0688 e. The minimum Gasteiger partial charge on any atom is -0.392 e. The molecule has 3 heteroatoms. The molecule has 3 nitrogen and oxygen atoms in total. The van der Waals surface area contributed by atoms with Gasteiger partial charge in [0.2, 0.25) is 0 Å². The van der Waals surface area contributed by atoms with Crippen LogP contribution in [0.4, 0.5) is 0 Å². The highest BCUT2D eigenvalue weighted by molar-refractivity contribution is 5.74. The molecule has 0 atom stereocenters. The molecule has 0 bridgehead atoms. The van der Waals surface area contributed by atoms with Crippen LogP contribution in [-0.4, -0.2) is 21.5 Å². The fraction of sp³-hybridized carbons (Fsp3) is 0.318. The van der Waals surface area contributed by atoms with Crippen LogP contribution in [0.1, 0.15) is 38.6 Å². The van der Waals surface area contributed by atoms with Gasteiger partial charge in [-0.1, -0.05) is 82.0 Å². The molecule has 132 valence electrons. The molecule has 0 amide bonds. The highest BCUT2D eigenvalue weighted by Crippen LogP contribution is 2.26. The topological polar surface area (TPSA) is 38.0 Å². The number of allylic oxidation sites excluding steroid dienone is 9. The van der Waals surface area contributed by atoms with E-state index in [1.807, 2.05) is 22.9 Å². The standard InChI is InChI=1S/C22H28N2O/c1-5-18(17-25)12-10-11-15-24-20(16-21(23-24)22(2,3)4)19-13-8-6-7-9-14-19/h5-6,8-14,16,25H,1,7,15,17H2,2-4H3/b11-10+,18-12+. The van der Waals surface area contributed by atoms with Crippen LogP contribution in [0.2, 0.25) is 0 Å². The fourth-order valence-electron chi connectivity index (χ4n) is 2.44. The van der Waals surface area contributed by atoms with E-state index in [0.717, 1.165) is 23.4 Å². The molecule has 1 aromatic rings. The molecule has 1 aliphatic rings. The molecule has 1 N–H and O–H groups in total. The summed E-state index contributed by atoms with van der Waals surface area (Å²) in [5.74, 6) is 0. The minimum atomic E-state index is -0.000945. The van der Waals surface area contributed by atoms with Gasteiger partial charge >= 0.3 is 0 Å². The maximum absolute atomic E-state index is 9.16. The van der Waals surface area contributed by atoms with Gasteiger partial charge in [-0.25, -0.2) is 0 Å². The van der Waals surface area contributed by atoms with E-state index in [2.05, 4.69) is 63.8 Å². The van der Waals surface area contributed by atoms with Crippen molar-refractivity contribution in [3.05, 3.63) is 84.3 Å². The van der Waals surface area contributed by atoms with Gasteiger partial charge in [0.05, 0.1) is 24.5 Å². The molecule has 2 rings (SSSR count). The largest absolute Gasteiger partial charge is 0.392 e. The molecule has 0 radical (unpaired) electrons. The van der Waals surface area contributed by atoms with Crippen LogP contribution in [-0.2, 0) is 12.0 Å². The molecule has 0 spiro atoms. The summed E-state index contributed by atoms with van der Waals surface area (Å²) >= 11 is 0. The number of aromatic nitrogens is 2. The Morgan fingerprint density at radius 3 is 2.84 bits per heavy atom. The molecular weight excluding hydrogens is 308 g/mol. The number of hydrogen-bond acceptors (Lipinski definition) is 2. The molecule has 0 fully saturated rings. The van der Waals surface area contributed by atoms with Crippen molar-refractivity contribution in [2.24, 2.45) is 0 Å². The van der Waals surface area contributed by atoms with Crippen molar-refractivity contribution in [1.82, 2.24) is 9.78 Å². The summed E-state index contributed by atoms with van der Waals surface area (Å²) in [5, 5.41) is 14.0. The first-order chi connectivity index (χ1) is 12.0. The lowest BCUT2D eigenvalue weighted by molar-refractivity contribution is 0.335. The van der Waals surface area contributed by atoms with Crippen molar-refractivity contribution in [2.75, 3.05) is 6.61 Å². The molecule has 0 aliphatic heterocycles. The maximum Gasteiger partial charge on any atom is 0.0688 e.